The van der Waals surface area contributed by atoms with E-state index in [-0.39, 0.29) is 0 Å². The molecular weight excluding hydrogens is 240 g/mol. The average molecular weight is 252 g/mol. The predicted molar refractivity (Wildman–Crippen MR) is 68.8 cm³/mol. The number of aromatic nitrogens is 1. The van der Waals surface area contributed by atoms with Gasteiger partial charge in [0, 0.05) is 11.9 Å². The zero-order valence-electron chi connectivity index (χ0n) is 9.06. The Labute approximate surface area is 103 Å². The zero-order chi connectivity index (χ0) is 11.4. The Morgan fingerprint density at radius 3 is 2.62 bits per heavy atom. The Hall–Kier alpha value is -1.20. The summed E-state index contributed by atoms with van der Waals surface area (Å²) >= 11 is 3.35. The number of benzene rings is 1. The van der Waals surface area contributed by atoms with E-state index in [0.29, 0.717) is 0 Å². The van der Waals surface area contributed by atoms with Crippen molar-refractivity contribution in [3.05, 3.63) is 30.5 Å². The fraction of sp³-hybridized carbons (Fsp3) is 0.182. The van der Waals surface area contributed by atoms with Crippen LogP contribution in [0, 0.1) is 0 Å². The van der Waals surface area contributed by atoms with Crippen LogP contribution >= 0.6 is 23.1 Å². The third-order valence-electron chi connectivity index (χ3n) is 1.98. The fourth-order valence-electron chi connectivity index (χ4n) is 1.18. The van der Waals surface area contributed by atoms with Gasteiger partial charge in [0.2, 0.25) is 0 Å². The van der Waals surface area contributed by atoms with Crippen LogP contribution in [-0.4, -0.2) is 19.1 Å². The Balaban J connectivity index is 2.08. The van der Waals surface area contributed by atoms with Gasteiger partial charge in [-0.15, -0.1) is 0 Å². The van der Waals surface area contributed by atoms with E-state index in [2.05, 4.69) is 10.3 Å². The predicted octanol–water partition coefficient (Wildman–Crippen LogP) is 3.34. The van der Waals surface area contributed by atoms with E-state index in [1.165, 1.54) is 9.10 Å². The molecule has 16 heavy (non-hydrogen) atoms. The van der Waals surface area contributed by atoms with Gasteiger partial charge in [0.05, 0.1) is 17.5 Å². The molecule has 0 aliphatic rings. The summed E-state index contributed by atoms with van der Waals surface area (Å²) in [6.45, 7) is 0. The molecule has 0 fully saturated rings. The lowest BCUT2D eigenvalue weighted by Gasteiger charge is -2.00. The summed E-state index contributed by atoms with van der Waals surface area (Å²) in [5, 5.41) is 3.97. The molecule has 0 aliphatic carbocycles. The van der Waals surface area contributed by atoms with E-state index in [1.807, 2.05) is 37.5 Å². The van der Waals surface area contributed by atoms with Crippen LogP contribution in [-0.2, 0) is 0 Å². The molecule has 5 heteroatoms. The van der Waals surface area contributed by atoms with Crippen molar-refractivity contribution in [2.45, 2.75) is 9.10 Å². The maximum Gasteiger partial charge on any atom is 0.183 e. The summed E-state index contributed by atoms with van der Waals surface area (Å²) in [6.07, 6.45) is 1.88. The van der Waals surface area contributed by atoms with E-state index in [1.54, 1.807) is 30.2 Å². The zero-order valence-corrected chi connectivity index (χ0v) is 10.7. The minimum Gasteiger partial charge on any atom is -0.497 e. The summed E-state index contributed by atoms with van der Waals surface area (Å²) in [5.74, 6) is 0.879. The lowest BCUT2D eigenvalue weighted by atomic mass is 10.3. The van der Waals surface area contributed by atoms with Crippen molar-refractivity contribution >= 4 is 28.2 Å². The molecule has 0 aliphatic heterocycles. The quantitative estimate of drug-likeness (QED) is 0.905. The number of nitrogens with one attached hydrogen (secondary N) is 1. The minimum atomic E-state index is 0.879. The Bertz CT molecular complexity index is 453. The molecule has 2 rings (SSSR count). The molecule has 1 heterocycles. The number of rotatable bonds is 4. The lowest BCUT2D eigenvalue weighted by Crippen LogP contribution is -1.83. The van der Waals surface area contributed by atoms with Gasteiger partial charge < -0.3 is 10.1 Å². The summed E-state index contributed by atoms with van der Waals surface area (Å²) < 4.78 is 6.29. The highest BCUT2D eigenvalue weighted by Crippen LogP contribution is 2.34. The van der Waals surface area contributed by atoms with Gasteiger partial charge in [-0.05, 0) is 24.3 Å². The Kier molecular flexibility index (Phi) is 3.69. The van der Waals surface area contributed by atoms with Crippen molar-refractivity contribution in [2.75, 3.05) is 19.5 Å². The molecule has 1 aromatic heterocycles. The highest BCUT2D eigenvalue weighted by molar-refractivity contribution is 8.01. The van der Waals surface area contributed by atoms with Crippen LogP contribution in [0.5, 0.6) is 5.75 Å². The largest absolute Gasteiger partial charge is 0.497 e. The molecule has 0 unspecified atom stereocenters. The van der Waals surface area contributed by atoms with E-state index in [4.69, 9.17) is 4.74 Å². The third kappa shape index (κ3) is 2.68. The topological polar surface area (TPSA) is 34.2 Å². The summed E-state index contributed by atoms with van der Waals surface area (Å²) in [7, 11) is 3.55. The second kappa shape index (κ2) is 5.23. The normalized spacial score (nSPS) is 10.1. The molecule has 0 amide bonds. The highest BCUT2D eigenvalue weighted by Gasteiger charge is 2.02. The first-order chi connectivity index (χ1) is 7.81. The lowest BCUT2D eigenvalue weighted by molar-refractivity contribution is 0.414. The molecule has 84 valence electrons. The number of nitrogens with zero attached hydrogens (tertiary/aromatic N) is 1. The minimum absolute atomic E-state index is 0.879. The monoisotopic (exact) mass is 252 g/mol. The number of methoxy groups -OCH3 is 1. The number of thiazole rings is 1. The van der Waals surface area contributed by atoms with Gasteiger partial charge >= 0.3 is 0 Å². The van der Waals surface area contributed by atoms with Gasteiger partial charge in [0.15, 0.2) is 5.13 Å². The van der Waals surface area contributed by atoms with E-state index in [0.717, 1.165) is 10.9 Å². The van der Waals surface area contributed by atoms with Crippen molar-refractivity contribution < 1.29 is 4.74 Å². The van der Waals surface area contributed by atoms with Gasteiger partial charge in [-0.2, -0.15) is 0 Å². The van der Waals surface area contributed by atoms with Gasteiger partial charge in [0.25, 0.3) is 0 Å². The third-order valence-corrected chi connectivity index (χ3v) is 4.10. The molecule has 0 atom stereocenters. The Morgan fingerprint density at radius 1 is 1.31 bits per heavy atom. The van der Waals surface area contributed by atoms with E-state index < -0.39 is 0 Å². The fourth-order valence-corrected chi connectivity index (χ4v) is 2.99. The van der Waals surface area contributed by atoms with Crippen molar-refractivity contribution in [1.29, 1.82) is 0 Å². The molecule has 1 N–H and O–H groups in total. The number of ether oxygens (including phenoxy) is 1. The van der Waals surface area contributed by atoms with Crippen LogP contribution in [0.2, 0.25) is 0 Å². The van der Waals surface area contributed by atoms with Crippen molar-refractivity contribution in [3.63, 3.8) is 0 Å². The van der Waals surface area contributed by atoms with Gasteiger partial charge in [-0.3, -0.25) is 0 Å². The van der Waals surface area contributed by atoms with E-state index >= 15 is 0 Å². The SMILES string of the molecule is CNc1ncc(Sc2ccc(OC)cc2)s1. The van der Waals surface area contributed by atoms with Crippen molar-refractivity contribution in [2.24, 2.45) is 0 Å². The van der Waals surface area contributed by atoms with Crippen LogP contribution < -0.4 is 10.1 Å². The number of hydrogen-bond acceptors (Lipinski definition) is 5. The maximum atomic E-state index is 5.11. The first-order valence-corrected chi connectivity index (χ1v) is 6.40. The van der Waals surface area contributed by atoms with Crippen LogP contribution in [0.15, 0.2) is 39.6 Å². The van der Waals surface area contributed by atoms with Crippen molar-refractivity contribution in [1.82, 2.24) is 4.98 Å². The first-order valence-electron chi connectivity index (χ1n) is 4.77. The summed E-state index contributed by atoms with van der Waals surface area (Å²) in [5.41, 5.74) is 0. The van der Waals surface area contributed by atoms with Crippen LogP contribution in [0.1, 0.15) is 0 Å². The average Bonchev–Trinajstić information content (AvgIpc) is 2.78. The van der Waals surface area contributed by atoms with E-state index in [9.17, 15) is 0 Å². The van der Waals surface area contributed by atoms with Crippen LogP contribution in [0.25, 0.3) is 0 Å². The summed E-state index contributed by atoms with van der Waals surface area (Å²) in [4.78, 5) is 5.41. The second-order valence-electron chi connectivity index (χ2n) is 3.01. The standard InChI is InChI=1S/C11H12N2OS2/c1-12-11-13-7-10(16-11)15-9-5-3-8(14-2)4-6-9/h3-7H,1-2H3,(H,12,13). The van der Waals surface area contributed by atoms with Crippen LogP contribution in [0.4, 0.5) is 5.13 Å². The summed E-state index contributed by atoms with van der Waals surface area (Å²) in [6, 6.07) is 8.01. The van der Waals surface area contributed by atoms with Gasteiger partial charge in [-0.1, -0.05) is 23.1 Å². The number of hydrogen-bond donors (Lipinski definition) is 1. The number of anilines is 1. The molecule has 0 saturated carbocycles. The molecule has 0 bridgehead atoms. The first kappa shape index (κ1) is 11.3. The molecule has 0 radical (unpaired) electrons. The maximum absolute atomic E-state index is 5.11. The molecular formula is C11H12N2OS2. The molecule has 3 nitrogen and oxygen atoms in total. The molecule has 2 aromatic rings. The molecule has 0 saturated heterocycles. The smallest absolute Gasteiger partial charge is 0.183 e. The molecule has 1 aromatic carbocycles. The molecule has 0 spiro atoms. The Morgan fingerprint density at radius 2 is 2.06 bits per heavy atom. The highest BCUT2D eigenvalue weighted by atomic mass is 32.2. The van der Waals surface area contributed by atoms with Gasteiger partial charge in [0.1, 0.15) is 5.75 Å². The van der Waals surface area contributed by atoms with Crippen molar-refractivity contribution in [3.8, 4) is 5.75 Å². The van der Waals surface area contributed by atoms with Crippen LogP contribution in [0.3, 0.4) is 0 Å². The van der Waals surface area contributed by atoms with Gasteiger partial charge in [-0.25, -0.2) is 4.98 Å². The second-order valence-corrected chi connectivity index (χ2v) is 5.42.